The molecular weight excluding hydrogens is 515 g/mol. The molecule has 35 heavy (non-hydrogen) atoms. The molecule has 190 valence electrons. The standard InChI is InChI=1S/C23H29Cl3N6O3/c1-23(2,3)35-22(34)32-11-8-14(9-12-32)7-10-28-31-19-15(13-27-21(26)30-19)20(33)29-18-16(24)5-4-6-17(18)25/h4-6,13-14,28H,7-12H2,1-3H3,(H,29,33)(H,27,30,31). The number of ether oxygens (including phenoxy) is 1. The Labute approximate surface area is 219 Å². The monoisotopic (exact) mass is 542 g/mol. The molecule has 0 aliphatic carbocycles. The first-order valence-electron chi connectivity index (χ1n) is 11.3. The number of likely N-dealkylation sites (tertiary alicyclic amines) is 1. The van der Waals surface area contributed by atoms with Gasteiger partial charge < -0.3 is 20.4 Å². The molecule has 1 aromatic heterocycles. The predicted octanol–water partition coefficient (Wildman–Crippen LogP) is 5.64. The number of carbonyl (C=O) groups is 2. The summed E-state index contributed by atoms with van der Waals surface area (Å²) in [7, 11) is 0. The fraction of sp³-hybridized carbons (Fsp3) is 0.478. The van der Waals surface area contributed by atoms with Gasteiger partial charge in [0, 0.05) is 25.8 Å². The van der Waals surface area contributed by atoms with E-state index >= 15 is 0 Å². The molecule has 3 rings (SSSR count). The number of para-hydroxylation sites is 1. The van der Waals surface area contributed by atoms with Crippen LogP contribution in [0.1, 0.15) is 50.4 Å². The van der Waals surface area contributed by atoms with Crippen LogP contribution in [0.15, 0.2) is 24.4 Å². The van der Waals surface area contributed by atoms with E-state index in [9.17, 15) is 9.59 Å². The lowest BCUT2D eigenvalue weighted by atomic mass is 9.94. The van der Waals surface area contributed by atoms with Gasteiger partial charge in [0.1, 0.15) is 11.2 Å². The Balaban J connectivity index is 1.50. The Kier molecular flexibility index (Phi) is 9.40. The van der Waals surface area contributed by atoms with Crippen molar-refractivity contribution in [3.05, 3.63) is 45.3 Å². The first-order chi connectivity index (χ1) is 16.5. The molecule has 1 aliphatic heterocycles. The number of amides is 2. The van der Waals surface area contributed by atoms with Crippen LogP contribution >= 0.6 is 34.8 Å². The molecule has 3 N–H and O–H groups in total. The largest absolute Gasteiger partial charge is 0.444 e. The average Bonchev–Trinajstić information content (AvgIpc) is 2.78. The van der Waals surface area contributed by atoms with E-state index in [4.69, 9.17) is 39.5 Å². The lowest BCUT2D eigenvalue weighted by Crippen LogP contribution is -2.42. The van der Waals surface area contributed by atoms with Crippen LogP contribution in [0, 0.1) is 5.92 Å². The van der Waals surface area contributed by atoms with E-state index < -0.39 is 11.5 Å². The van der Waals surface area contributed by atoms with Crippen LogP contribution in [0.3, 0.4) is 0 Å². The second-order valence-electron chi connectivity index (χ2n) is 9.20. The minimum Gasteiger partial charge on any atom is -0.444 e. The summed E-state index contributed by atoms with van der Waals surface area (Å²) in [5.41, 5.74) is 6.00. The van der Waals surface area contributed by atoms with E-state index in [1.807, 2.05) is 20.8 Å². The molecule has 0 radical (unpaired) electrons. The van der Waals surface area contributed by atoms with Crippen LogP contribution in [0.25, 0.3) is 0 Å². The predicted molar refractivity (Wildman–Crippen MR) is 138 cm³/mol. The maximum Gasteiger partial charge on any atom is 0.410 e. The van der Waals surface area contributed by atoms with Gasteiger partial charge in [0.15, 0.2) is 5.82 Å². The number of nitrogens with zero attached hydrogens (tertiary/aromatic N) is 3. The summed E-state index contributed by atoms with van der Waals surface area (Å²) in [6.45, 7) is 7.55. The Morgan fingerprint density at radius 2 is 1.80 bits per heavy atom. The highest BCUT2D eigenvalue weighted by molar-refractivity contribution is 6.40. The number of rotatable bonds is 7. The van der Waals surface area contributed by atoms with Crippen LogP contribution in [-0.4, -0.2) is 52.1 Å². The van der Waals surface area contributed by atoms with E-state index in [2.05, 4.69) is 26.1 Å². The Bertz CT molecular complexity index is 1040. The number of benzene rings is 1. The molecule has 9 nitrogen and oxygen atoms in total. The van der Waals surface area contributed by atoms with E-state index in [0.717, 1.165) is 19.3 Å². The summed E-state index contributed by atoms with van der Waals surface area (Å²) in [5.74, 6) is 0.197. The highest BCUT2D eigenvalue weighted by Crippen LogP contribution is 2.30. The molecule has 0 atom stereocenters. The second kappa shape index (κ2) is 12.1. The molecule has 1 aliphatic rings. The number of hydrogen-bond acceptors (Lipinski definition) is 7. The van der Waals surface area contributed by atoms with Crippen molar-refractivity contribution in [2.45, 2.75) is 45.6 Å². The van der Waals surface area contributed by atoms with E-state index in [0.29, 0.717) is 41.3 Å². The first kappa shape index (κ1) is 27.3. The number of hydrogen-bond donors (Lipinski definition) is 3. The third-order valence-corrected chi connectivity index (χ3v) is 6.17. The van der Waals surface area contributed by atoms with Crippen molar-refractivity contribution in [1.29, 1.82) is 0 Å². The van der Waals surface area contributed by atoms with Gasteiger partial charge in [-0.05, 0) is 69.7 Å². The van der Waals surface area contributed by atoms with Crippen molar-refractivity contribution in [3.63, 3.8) is 0 Å². The van der Waals surface area contributed by atoms with Crippen LogP contribution < -0.4 is 16.2 Å². The number of aromatic nitrogens is 2. The molecule has 0 saturated carbocycles. The van der Waals surface area contributed by atoms with Gasteiger partial charge in [-0.3, -0.25) is 4.79 Å². The fourth-order valence-corrected chi connectivity index (χ4v) is 4.20. The average molecular weight is 544 g/mol. The van der Waals surface area contributed by atoms with Crippen molar-refractivity contribution in [3.8, 4) is 0 Å². The molecule has 2 amide bonds. The highest BCUT2D eigenvalue weighted by atomic mass is 35.5. The van der Waals surface area contributed by atoms with Crippen molar-refractivity contribution in [2.75, 3.05) is 30.4 Å². The van der Waals surface area contributed by atoms with Crippen molar-refractivity contribution in [2.24, 2.45) is 5.92 Å². The summed E-state index contributed by atoms with van der Waals surface area (Å²) < 4.78 is 5.45. The van der Waals surface area contributed by atoms with Crippen molar-refractivity contribution >= 4 is 58.3 Å². The van der Waals surface area contributed by atoms with Crippen molar-refractivity contribution < 1.29 is 14.3 Å². The number of anilines is 2. The van der Waals surface area contributed by atoms with Gasteiger partial charge >= 0.3 is 6.09 Å². The number of nitrogens with one attached hydrogen (secondary N) is 3. The molecule has 2 aromatic rings. The van der Waals surface area contributed by atoms with Gasteiger partial charge in [-0.15, -0.1) is 0 Å². The van der Waals surface area contributed by atoms with Gasteiger partial charge in [0.2, 0.25) is 5.28 Å². The van der Waals surface area contributed by atoms with Gasteiger partial charge in [-0.25, -0.2) is 15.2 Å². The highest BCUT2D eigenvalue weighted by Gasteiger charge is 2.26. The molecule has 1 aromatic carbocycles. The van der Waals surface area contributed by atoms with Gasteiger partial charge in [0.25, 0.3) is 5.91 Å². The molecule has 0 bridgehead atoms. The van der Waals surface area contributed by atoms with Crippen LogP contribution in [0.5, 0.6) is 0 Å². The Hall–Kier alpha value is -2.33. The maximum absolute atomic E-state index is 12.8. The molecule has 12 heteroatoms. The second-order valence-corrected chi connectivity index (χ2v) is 10.4. The van der Waals surface area contributed by atoms with Crippen LogP contribution in [0.2, 0.25) is 15.3 Å². The third kappa shape index (κ3) is 8.10. The number of carbonyl (C=O) groups excluding carboxylic acids is 2. The Morgan fingerprint density at radius 1 is 1.14 bits per heavy atom. The molecular formula is C23H29Cl3N6O3. The van der Waals surface area contributed by atoms with Gasteiger partial charge in [0.05, 0.1) is 15.7 Å². The summed E-state index contributed by atoms with van der Waals surface area (Å²) >= 11 is 18.2. The lowest BCUT2D eigenvalue weighted by Gasteiger charge is -2.33. The first-order valence-corrected chi connectivity index (χ1v) is 12.4. The summed E-state index contributed by atoms with van der Waals surface area (Å²) in [5, 5.41) is 3.31. The molecule has 1 saturated heterocycles. The van der Waals surface area contributed by atoms with E-state index in [1.165, 1.54) is 6.20 Å². The normalized spacial score (nSPS) is 14.5. The smallest absolute Gasteiger partial charge is 0.410 e. The number of piperidine rings is 1. The van der Waals surface area contributed by atoms with Gasteiger partial charge in [-0.1, -0.05) is 29.3 Å². The van der Waals surface area contributed by atoms with Crippen LogP contribution in [-0.2, 0) is 4.74 Å². The molecule has 2 heterocycles. The maximum atomic E-state index is 12.8. The summed E-state index contributed by atoms with van der Waals surface area (Å²) in [6, 6.07) is 4.93. The number of hydrazine groups is 1. The third-order valence-electron chi connectivity index (χ3n) is 5.36. The molecule has 0 spiro atoms. The van der Waals surface area contributed by atoms with E-state index in [1.54, 1.807) is 23.1 Å². The zero-order valence-electron chi connectivity index (χ0n) is 19.8. The topological polar surface area (TPSA) is 108 Å². The SMILES string of the molecule is CC(C)(C)OC(=O)N1CCC(CCNNc2nc(Cl)ncc2C(=O)Nc2c(Cl)cccc2Cl)CC1. The molecule has 1 fully saturated rings. The summed E-state index contributed by atoms with van der Waals surface area (Å²) in [6.07, 6.45) is 3.73. The summed E-state index contributed by atoms with van der Waals surface area (Å²) in [4.78, 5) is 34.8. The number of halogens is 3. The van der Waals surface area contributed by atoms with Crippen molar-refractivity contribution in [1.82, 2.24) is 20.3 Å². The minimum absolute atomic E-state index is 0.00357. The van der Waals surface area contributed by atoms with E-state index in [-0.39, 0.29) is 22.8 Å². The zero-order valence-corrected chi connectivity index (χ0v) is 22.1. The minimum atomic E-state index is -0.497. The zero-order chi connectivity index (χ0) is 25.6. The Morgan fingerprint density at radius 3 is 2.43 bits per heavy atom. The van der Waals surface area contributed by atoms with Gasteiger partial charge in [-0.2, -0.15) is 4.98 Å². The fourth-order valence-electron chi connectivity index (χ4n) is 3.57. The van der Waals surface area contributed by atoms with Crippen LogP contribution in [0.4, 0.5) is 16.3 Å². The molecule has 0 unspecified atom stereocenters. The quantitative estimate of drug-likeness (QED) is 0.235. The lowest BCUT2D eigenvalue weighted by molar-refractivity contribution is 0.0181.